The first kappa shape index (κ1) is 20.3. The minimum absolute atomic E-state index is 0.0109. The van der Waals surface area contributed by atoms with Gasteiger partial charge in [-0.05, 0) is 18.9 Å². The van der Waals surface area contributed by atoms with Gasteiger partial charge in [0.1, 0.15) is 28.9 Å². The van der Waals surface area contributed by atoms with Crippen LogP contribution in [0.3, 0.4) is 0 Å². The van der Waals surface area contributed by atoms with Crippen LogP contribution in [0.2, 0.25) is 0 Å². The number of hydrogen-bond acceptors (Lipinski definition) is 6. The van der Waals surface area contributed by atoms with Crippen LogP contribution in [0.4, 0.5) is 0 Å². The Hall–Kier alpha value is -3.40. The molecule has 1 aromatic carbocycles. The van der Waals surface area contributed by atoms with E-state index in [-0.39, 0.29) is 22.9 Å². The van der Waals surface area contributed by atoms with Crippen LogP contribution in [-0.4, -0.2) is 18.8 Å². The molecule has 0 radical (unpaired) electrons. The van der Waals surface area contributed by atoms with Crippen LogP contribution in [0.1, 0.15) is 36.6 Å². The number of nitrogens with two attached hydrogens (primary N) is 1. The number of allylic oxidation sites excluding steroid dienone is 1. The molecular weight excluding hydrogens is 370 g/mol. The van der Waals surface area contributed by atoms with Gasteiger partial charge >= 0.3 is 0 Å². The highest BCUT2D eigenvalue weighted by molar-refractivity contribution is 5.59. The van der Waals surface area contributed by atoms with Gasteiger partial charge in [0.15, 0.2) is 0 Å². The lowest BCUT2D eigenvalue weighted by Crippen LogP contribution is -2.33. The predicted octanol–water partition coefficient (Wildman–Crippen LogP) is 3.05. The first-order valence-electron chi connectivity index (χ1n) is 9.36. The molecule has 0 saturated heterocycles. The summed E-state index contributed by atoms with van der Waals surface area (Å²) in [5.41, 5.74) is 7.84. The van der Waals surface area contributed by atoms with E-state index in [4.69, 9.17) is 19.9 Å². The zero-order valence-electron chi connectivity index (χ0n) is 17.3. The number of aromatic nitrogens is 1. The van der Waals surface area contributed by atoms with Crippen LogP contribution in [0.15, 0.2) is 40.5 Å². The molecule has 0 aliphatic carbocycles. The Morgan fingerprint density at radius 2 is 2.00 bits per heavy atom. The van der Waals surface area contributed by atoms with Crippen LogP contribution >= 0.6 is 0 Å². The highest BCUT2D eigenvalue weighted by atomic mass is 16.5. The Balaban J connectivity index is 2.33. The first-order chi connectivity index (χ1) is 13.8. The number of rotatable bonds is 5. The summed E-state index contributed by atoms with van der Waals surface area (Å²) in [6, 6.07) is 9.18. The lowest BCUT2D eigenvalue weighted by molar-refractivity contribution is 0.377. The number of fused-ring (bicyclic) bond motifs is 1. The molecule has 29 heavy (non-hydrogen) atoms. The van der Waals surface area contributed by atoms with Crippen molar-refractivity contribution in [2.45, 2.75) is 33.2 Å². The van der Waals surface area contributed by atoms with Gasteiger partial charge in [0.25, 0.3) is 5.56 Å². The fraction of sp³-hybridized carbons (Fsp3) is 0.364. The Bertz CT molecular complexity index is 1080. The maximum absolute atomic E-state index is 13.5. The molecule has 0 unspecified atom stereocenters. The number of hydrogen-bond donors (Lipinski definition) is 1. The number of benzene rings is 1. The Labute approximate surface area is 169 Å². The minimum atomic E-state index is -0.698. The quantitative estimate of drug-likeness (QED) is 0.835. The number of nitriles is 1. The molecule has 0 saturated carbocycles. The molecule has 7 nitrogen and oxygen atoms in total. The number of methoxy groups -OCH3 is 2. The van der Waals surface area contributed by atoms with Crippen molar-refractivity contribution >= 4 is 0 Å². The van der Waals surface area contributed by atoms with E-state index in [1.54, 1.807) is 35.9 Å². The maximum atomic E-state index is 13.5. The van der Waals surface area contributed by atoms with Crippen molar-refractivity contribution in [1.29, 1.82) is 5.26 Å². The van der Waals surface area contributed by atoms with Gasteiger partial charge in [-0.25, -0.2) is 0 Å². The number of aryl methyl sites for hydroxylation is 1. The standard InChI is InChI=1S/C22H25N3O4/c1-12(2)11-25-13(3)8-18-20(22(25)26)19(16(10-23)21(24)29-18)15-7-6-14(27-4)9-17(15)28-5/h6-9,12,19H,11,24H2,1-5H3/t19-/m1/s1. The van der Waals surface area contributed by atoms with Crippen LogP contribution in [0.5, 0.6) is 17.2 Å². The number of ether oxygens (including phenoxy) is 3. The van der Waals surface area contributed by atoms with E-state index in [0.29, 0.717) is 34.9 Å². The molecule has 2 heterocycles. The lowest BCUT2D eigenvalue weighted by Gasteiger charge is -2.28. The van der Waals surface area contributed by atoms with Gasteiger partial charge < -0.3 is 24.5 Å². The molecule has 0 fully saturated rings. The summed E-state index contributed by atoms with van der Waals surface area (Å²) >= 11 is 0. The Morgan fingerprint density at radius 3 is 2.59 bits per heavy atom. The van der Waals surface area contributed by atoms with Crippen molar-refractivity contribution in [2.24, 2.45) is 11.7 Å². The van der Waals surface area contributed by atoms with Gasteiger partial charge in [-0.3, -0.25) is 4.79 Å². The predicted molar refractivity (Wildman–Crippen MR) is 109 cm³/mol. The molecule has 2 aromatic rings. The maximum Gasteiger partial charge on any atom is 0.258 e. The summed E-state index contributed by atoms with van der Waals surface area (Å²) in [4.78, 5) is 13.5. The SMILES string of the molecule is COc1ccc([C@@H]2C(C#N)=C(N)Oc3cc(C)n(CC(C)C)c(=O)c32)c(OC)c1. The lowest BCUT2D eigenvalue weighted by atomic mass is 9.83. The molecule has 0 spiro atoms. The van der Waals surface area contributed by atoms with E-state index in [2.05, 4.69) is 6.07 Å². The third-order valence-electron chi connectivity index (χ3n) is 4.99. The van der Waals surface area contributed by atoms with E-state index >= 15 is 0 Å². The number of pyridine rings is 1. The zero-order chi connectivity index (χ0) is 21.3. The van der Waals surface area contributed by atoms with Crippen LogP contribution in [0.25, 0.3) is 0 Å². The molecule has 0 amide bonds. The fourth-order valence-corrected chi connectivity index (χ4v) is 3.65. The minimum Gasteiger partial charge on any atom is -0.497 e. The molecule has 1 atom stereocenters. The summed E-state index contributed by atoms with van der Waals surface area (Å²) in [6.45, 7) is 6.51. The fourth-order valence-electron chi connectivity index (χ4n) is 3.65. The average molecular weight is 395 g/mol. The number of nitrogens with zero attached hydrogens (tertiary/aromatic N) is 2. The first-order valence-corrected chi connectivity index (χ1v) is 9.36. The van der Waals surface area contributed by atoms with Crippen molar-refractivity contribution in [3.8, 4) is 23.3 Å². The van der Waals surface area contributed by atoms with Crippen LogP contribution in [-0.2, 0) is 6.54 Å². The molecule has 1 aliphatic rings. The molecule has 152 valence electrons. The van der Waals surface area contributed by atoms with Gasteiger partial charge in [0.05, 0.1) is 25.7 Å². The van der Waals surface area contributed by atoms with Crippen molar-refractivity contribution in [3.05, 3.63) is 62.9 Å². The molecule has 3 rings (SSSR count). The van der Waals surface area contributed by atoms with Gasteiger partial charge in [-0.2, -0.15) is 5.26 Å². The highest BCUT2D eigenvalue weighted by Crippen LogP contribution is 2.44. The third kappa shape index (κ3) is 3.54. The second-order valence-electron chi connectivity index (χ2n) is 7.41. The van der Waals surface area contributed by atoms with Gasteiger partial charge in [-0.1, -0.05) is 19.9 Å². The van der Waals surface area contributed by atoms with E-state index in [9.17, 15) is 10.1 Å². The zero-order valence-corrected chi connectivity index (χ0v) is 17.3. The topological polar surface area (TPSA) is 99.5 Å². The molecule has 1 aliphatic heterocycles. The summed E-state index contributed by atoms with van der Waals surface area (Å²) in [6.07, 6.45) is 0. The van der Waals surface area contributed by atoms with E-state index in [1.165, 1.54) is 7.11 Å². The van der Waals surface area contributed by atoms with E-state index in [1.807, 2.05) is 20.8 Å². The summed E-state index contributed by atoms with van der Waals surface area (Å²) < 4.78 is 18.2. The molecule has 1 aromatic heterocycles. The van der Waals surface area contributed by atoms with Crippen LogP contribution in [0, 0.1) is 24.2 Å². The Morgan fingerprint density at radius 1 is 1.28 bits per heavy atom. The van der Waals surface area contributed by atoms with E-state index < -0.39 is 5.92 Å². The largest absolute Gasteiger partial charge is 0.497 e. The Kier molecular flexibility index (Phi) is 5.55. The summed E-state index contributed by atoms with van der Waals surface area (Å²) in [5, 5.41) is 9.80. The van der Waals surface area contributed by atoms with Gasteiger partial charge in [0.2, 0.25) is 5.88 Å². The third-order valence-corrected chi connectivity index (χ3v) is 4.99. The molecule has 7 heteroatoms. The second-order valence-corrected chi connectivity index (χ2v) is 7.41. The van der Waals surface area contributed by atoms with Crippen molar-refractivity contribution < 1.29 is 14.2 Å². The summed E-state index contributed by atoms with van der Waals surface area (Å²) in [7, 11) is 3.09. The van der Waals surface area contributed by atoms with Crippen LogP contribution < -0.4 is 25.5 Å². The second kappa shape index (κ2) is 7.92. The van der Waals surface area contributed by atoms with Gasteiger partial charge in [-0.15, -0.1) is 0 Å². The molecule has 0 bridgehead atoms. The monoisotopic (exact) mass is 395 g/mol. The molecular formula is C22H25N3O4. The summed E-state index contributed by atoms with van der Waals surface area (Å²) in [5.74, 6) is 1.04. The molecule has 2 N–H and O–H groups in total. The normalized spacial score (nSPS) is 15.6. The van der Waals surface area contributed by atoms with E-state index in [0.717, 1.165) is 5.69 Å². The van der Waals surface area contributed by atoms with Crippen molar-refractivity contribution in [2.75, 3.05) is 14.2 Å². The highest BCUT2D eigenvalue weighted by Gasteiger charge is 2.36. The van der Waals surface area contributed by atoms with Crippen molar-refractivity contribution in [1.82, 2.24) is 4.57 Å². The average Bonchev–Trinajstić information content (AvgIpc) is 2.69. The van der Waals surface area contributed by atoms with Gasteiger partial charge in [0, 0.05) is 29.9 Å². The smallest absolute Gasteiger partial charge is 0.258 e. The van der Waals surface area contributed by atoms with Crippen molar-refractivity contribution in [3.63, 3.8) is 0 Å².